The maximum absolute atomic E-state index is 12.3. The van der Waals surface area contributed by atoms with Crippen LogP contribution in [0, 0.1) is 5.41 Å². The van der Waals surface area contributed by atoms with Crippen molar-refractivity contribution in [3.8, 4) is 0 Å². The highest BCUT2D eigenvalue weighted by atomic mass is 32.2. The number of hydrogen-bond donors (Lipinski definition) is 1. The van der Waals surface area contributed by atoms with E-state index in [4.69, 9.17) is 0 Å². The minimum absolute atomic E-state index is 0.0204. The van der Waals surface area contributed by atoms with E-state index in [1.807, 2.05) is 30.3 Å². The maximum Gasteiger partial charge on any atom is 0.229 e. The summed E-state index contributed by atoms with van der Waals surface area (Å²) in [6.45, 7) is 0.936. The third kappa shape index (κ3) is 2.01. The van der Waals surface area contributed by atoms with Crippen LogP contribution in [0.25, 0.3) is 0 Å². The first-order valence-corrected chi connectivity index (χ1v) is 9.39. The van der Waals surface area contributed by atoms with Gasteiger partial charge >= 0.3 is 0 Å². The van der Waals surface area contributed by atoms with Crippen LogP contribution in [0.2, 0.25) is 0 Å². The molecule has 3 fully saturated rings. The number of rotatable bonds is 3. The zero-order valence-corrected chi connectivity index (χ0v) is 13.2. The fourth-order valence-electron chi connectivity index (χ4n) is 3.75. The summed E-state index contributed by atoms with van der Waals surface area (Å²) in [5, 5.41) is 2.84. The van der Waals surface area contributed by atoms with E-state index in [0.717, 1.165) is 18.4 Å². The highest BCUT2D eigenvalue weighted by Gasteiger charge is 2.57. The Balaban J connectivity index is 1.53. The van der Waals surface area contributed by atoms with E-state index < -0.39 is 15.4 Å². The molecule has 2 saturated heterocycles. The Morgan fingerprint density at radius 2 is 1.73 bits per heavy atom. The molecule has 0 radical (unpaired) electrons. The first kappa shape index (κ1) is 14.2. The van der Waals surface area contributed by atoms with Crippen molar-refractivity contribution in [3.63, 3.8) is 0 Å². The molecule has 22 heavy (non-hydrogen) atoms. The quantitative estimate of drug-likeness (QED) is 0.857. The van der Waals surface area contributed by atoms with Crippen LogP contribution in [0.4, 0.5) is 0 Å². The summed E-state index contributed by atoms with van der Waals surface area (Å²) in [6, 6.07) is 9.98. The van der Waals surface area contributed by atoms with E-state index in [0.29, 0.717) is 25.9 Å². The van der Waals surface area contributed by atoms with Gasteiger partial charge in [-0.3, -0.25) is 4.79 Å². The summed E-state index contributed by atoms with van der Waals surface area (Å²) in [5.74, 6) is 0.0739. The molecule has 2 heterocycles. The fourth-order valence-corrected chi connectivity index (χ4v) is 5.59. The summed E-state index contributed by atoms with van der Waals surface area (Å²) < 4.78 is 26.2. The van der Waals surface area contributed by atoms with E-state index in [9.17, 15) is 13.2 Å². The molecule has 4 rings (SSSR count). The lowest BCUT2D eigenvalue weighted by atomic mass is 9.64. The van der Waals surface area contributed by atoms with Crippen molar-refractivity contribution < 1.29 is 13.2 Å². The van der Waals surface area contributed by atoms with Gasteiger partial charge in [0.1, 0.15) is 0 Å². The second kappa shape index (κ2) is 4.80. The standard InChI is InChI=1S/C16H20N2O3S/c19-15-16(14(17-15)12-4-2-1-3-5-12)8-10-18(11-9-16)22(20,21)13-6-7-13/h1-5,13-14H,6-11H2,(H,17,19). The van der Waals surface area contributed by atoms with Crippen molar-refractivity contribution in [1.82, 2.24) is 9.62 Å². The van der Waals surface area contributed by atoms with E-state index in [-0.39, 0.29) is 17.2 Å². The van der Waals surface area contributed by atoms with Gasteiger partial charge < -0.3 is 5.32 Å². The van der Waals surface area contributed by atoms with Crippen LogP contribution in [0.5, 0.6) is 0 Å². The molecular weight excluding hydrogens is 300 g/mol. The van der Waals surface area contributed by atoms with Gasteiger partial charge in [-0.1, -0.05) is 30.3 Å². The molecule has 1 N–H and O–H groups in total. The van der Waals surface area contributed by atoms with Gasteiger partial charge in [0.05, 0.1) is 16.7 Å². The summed E-state index contributed by atoms with van der Waals surface area (Å²) in [6.07, 6.45) is 2.81. The molecule has 1 aromatic carbocycles. The van der Waals surface area contributed by atoms with Crippen LogP contribution >= 0.6 is 0 Å². The number of sulfonamides is 1. The molecule has 1 saturated carbocycles. The number of piperidine rings is 1. The molecule has 1 amide bonds. The van der Waals surface area contributed by atoms with E-state index >= 15 is 0 Å². The molecule has 1 unspecified atom stereocenters. The van der Waals surface area contributed by atoms with Crippen LogP contribution < -0.4 is 5.32 Å². The van der Waals surface area contributed by atoms with E-state index in [2.05, 4.69) is 5.32 Å². The van der Waals surface area contributed by atoms with Gasteiger partial charge in [0.15, 0.2) is 0 Å². The molecule has 2 aliphatic heterocycles. The predicted molar refractivity (Wildman–Crippen MR) is 82.5 cm³/mol. The van der Waals surface area contributed by atoms with Gasteiger partial charge in [-0.05, 0) is 31.2 Å². The lowest BCUT2D eigenvalue weighted by Crippen LogP contribution is -2.64. The minimum Gasteiger partial charge on any atom is -0.348 e. The average Bonchev–Trinajstić information content (AvgIpc) is 3.39. The Morgan fingerprint density at radius 1 is 1.09 bits per heavy atom. The smallest absolute Gasteiger partial charge is 0.229 e. The van der Waals surface area contributed by atoms with Crippen molar-refractivity contribution in [2.45, 2.75) is 37.0 Å². The number of nitrogens with zero attached hydrogens (tertiary/aromatic N) is 1. The fraction of sp³-hybridized carbons (Fsp3) is 0.562. The number of amides is 1. The SMILES string of the molecule is O=C1NC(c2ccccc2)C12CCN(S(=O)(=O)C1CC1)CC2. The number of nitrogens with one attached hydrogen (secondary N) is 1. The van der Waals surface area contributed by atoms with Crippen LogP contribution in [-0.4, -0.2) is 37.0 Å². The highest BCUT2D eigenvalue weighted by Crippen LogP contribution is 2.50. The first-order chi connectivity index (χ1) is 10.5. The topological polar surface area (TPSA) is 66.5 Å². The maximum atomic E-state index is 12.3. The average molecular weight is 320 g/mol. The Hall–Kier alpha value is -1.40. The Kier molecular flexibility index (Phi) is 3.10. The third-order valence-corrected chi connectivity index (χ3v) is 7.73. The number of hydrogen-bond acceptors (Lipinski definition) is 3. The molecular formula is C16H20N2O3S. The molecule has 0 bridgehead atoms. The Bertz CT molecular complexity index is 689. The van der Waals surface area contributed by atoms with Crippen molar-refractivity contribution in [2.24, 2.45) is 5.41 Å². The molecule has 1 aliphatic carbocycles. The predicted octanol–water partition coefficient (Wildman–Crippen LogP) is 1.43. The zero-order chi connectivity index (χ0) is 15.4. The summed E-state index contributed by atoms with van der Waals surface area (Å²) >= 11 is 0. The van der Waals surface area contributed by atoms with Gasteiger partial charge in [0.2, 0.25) is 15.9 Å². The first-order valence-electron chi connectivity index (χ1n) is 7.89. The van der Waals surface area contributed by atoms with Gasteiger partial charge in [-0.15, -0.1) is 0 Å². The Labute approximate surface area is 130 Å². The van der Waals surface area contributed by atoms with Crippen molar-refractivity contribution in [3.05, 3.63) is 35.9 Å². The van der Waals surface area contributed by atoms with Crippen molar-refractivity contribution >= 4 is 15.9 Å². The number of carbonyl (C=O) groups excluding carboxylic acids is 1. The van der Waals surface area contributed by atoms with Crippen LogP contribution in [0.1, 0.15) is 37.3 Å². The summed E-state index contributed by atoms with van der Waals surface area (Å²) in [7, 11) is -3.12. The van der Waals surface area contributed by atoms with E-state index in [1.54, 1.807) is 4.31 Å². The molecule has 3 aliphatic rings. The largest absolute Gasteiger partial charge is 0.348 e. The number of β-lactam (4-membered cyclic amide) rings is 1. The molecule has 6 heteroatoms. The van der Waals surface area contributed by atoms with Crippen LogP contribution in [0.15, 0.2) is 30.3 Å². The van der Waals surface area contributed by atoms with Crippen LogP contribution in [-0.2, 0) is 14.8 Å². The molecule has 118 valence electrons. The molecule has 1 spiro atoms. The van der Waals surface area contributed by atoms with E-state index in [1.165, 1.54) is 0 Å². The lowest BCUT2D eigenvalue weighted by molar-refractivity contribution is -0.150. The minimum atomic E-state index is -3.12. The Morgan fingerprint density at radius 3 is 2.27 bits per heavy atom. The number of carbonyl (C=O) groups is 1. The molecule has 1 aromatic rings. The van der Waals surface area contributed by atoms with Gasteiger partial charge in [0, 0.05) is 13.1 Å². The molecule has 5 nitrogen and oxygen atoms in total. The van der Waals surface area contributed by atoms with Crippen molar-refractivity contribution in [2.75, 3.05) is 13.1 Å². The summed E-state index contributed by atoms with van der Waals surface area (Å²) in [4.78, 5) is 12.2. The second-order valence-corrected chi connectivity index (χ2v) is 8.83. The van der Waals surface area contributed by atoms with Gasteiger partial charge in [-0.25, -0.2) is 12.7 Å². The second-order valence-electron chi connectivity index (χ2n) is 6.62. The molecule has 0 aromatic heterocycles. The summed E-state index contributed by atoms with van der Waals surface area (Å²) in [5.41, 5.74) is 0.692. The third-order valence-electron chi connectivity index (χ3n) is 5.33. The highest BCUT2D eigenvalue weighted by molar-refractivity contribution is 7.90. The zero-order valence-electron chi connectivity index (χ0n) is 12.4. The van der Waals surface area contributed by atoms with Crippen molar-refractivity contribution in [1.29, 1.82) is 0 Å². The molecule has 1 atom stereocenters. The number of benzene rings is 1. The lowest BCUT2D eigenvalue weighted by Gasteiger charge is -2.52. The van der Waals surface area contributed by atoms with Crippen LogP contribution in [0.3, 0.4) is 0 Å². The normalized spacial score (nSPS) is 28.2. The monoisotopic (exact) mass is 320 g/mol. The van der Waals surface area contributed by atoms with Gasteiger partial charge in [0.25, 0.3) is 0 Å². The van der Waals surface area contributed by atoms with Gasteiger partial charge in [-0.2, -0.15) is 0 Å².